The summed E-state index contributed by atoms with van der Waals surface area (Å²) in [6.45, 7) is 3.05. The van der Waals surface area contributed by atoms with Gasteiger partial charge in [0, 0.05) is 12.7 Å². The highest BCUT2D eigenvalue weighted by atomic mass is 32.2. The van der Waals surface area contributed by atoms with Crippen molar-refractivity contribution in [1.82, 2.24) is 5.32 Å². The molecule has 1 aliphatic rings. The molecular formula is C17H25NO4S. The Kier molecular flexibility index (Phi) is 6.61. The van der Waals surface area contributed by atoms with Crippen LogP contribution in [0.4, 0.5) is 0 Å². The van der Waals surface area contributed by atoms with Crippen molar-refractivity contribution in [1.29, 1.82) is 0 Å². The number of hydrogen-bond donors (Lipinski definition) is 4. The Morgan fingerprint density at radius 2 is 1.87 bits per heavy atom. The van der Waals surface area contributed by atoms with Crippen molar-refractivity contribution >= 4 is 16.9 Å². The monoisotopic (exact) mass is 339 g/mol. The zero-order chi connectivity index (χ0) is 16.9. The Balaban J connectivity index is 1.96. The first kappa shape index (κ1) is 18.4. The zero-order valence-corrected chi connectivity index (χ0v) is 14.2. The summed E-state index contributed by atoms with van der Waals surface area (Å²) in [6.07, 6.45) is -0.212. The molecule has 0 aromatic heterocycles. The molecule has 1 fully saturated rings. The second-order valence-electron chi connectivity index (χ2n) is 6.04. The average molecular weight is 339 g/mol. The number of carbonyl (C=O) groups excluding carboxylic acids is 1. The normalized spacial score (nSPS) is 20.0. The number of aliphatic hydroxyl groups is 3. The van der Waals surface area contributed by atoms with E-state index >= 15 is 0 Å². The molecule has 0 aliphatic carbocycles. The predicted octanol–water partition coefficient (Wildman–Crippen LogP) is 1.32. The maximum Gasteiger partial charge on any atom is 0.185 e. The molecule has 2 atom stereocenters. The van der Waals surface area contributed by atoms with Gasteiger partial charge in [-0.1, -0.05) is 36.0 Å². The maximum absolute atomic E-state index is 10.9. The van der Waals surface area contributed by atoms with Gasteiger partial charge in [-0.05, 0) is 43.5 Å². The Bertz CT molecular complexity index is 514. The van der Waals surface area contributed by atoms with Gasteiger partial charge in [0.15, 0.2) is 5.12 Å². The average Bonchev–Trinajstić information content (AvgIpc) is 2.54. The first-order valence-corrected chi connectivity index (χ1v) is 8.94. The highest BCUT2D eigenvalue weighted by molar-refractivity contribution is 8.13. The van der Waals surface area contributed by atoms with Crippen LogP contribution < -0.4 is 5.32 Å². The molecule has 0 bridgehead atoms. The van der Waals surface area contributed by atoms with Gasteiger partial charge in [-0.2, -0.15) is 0 Å². The zero-order valence-electron chi connectivity index (χ0n) is 13.4. The van der Waals surface area contributed by atoms with E-state index < -0.39 is 17.8 Å². The predicted molar refractivity (Wildman–Crippen MR) is 91.2 cm³/mol. The van der Waals surface area contributed by atoms with Gasteiger partial charge in [0.2, 0.25) is 0 Å². The highest BCUT2D eigenvalue weighted by Gasteiger charge is 2.31. The molecule has 2 unspecified atom stereocenters. The van der Waals surface area contributed by atoms with Crippen molar-refractivity contribution in [2.24, 2.45) is 0 Å². The minimum atomic E-state index is -0.987. The van der Waals surface area contributed by atoms with Gasteiger partial charge in [0.05, 0.1) is 11.7 Å². The van der Waals surface area contributed by atoms with Crippen LogP contribution >= 0.6 is 11.8 Å². The summed E-state index contributed by atoms with van der Waals surface area (Å²) >= 11 is 1.14. The second-order valence-corrected chi connectivity index (χ2v) is 7.32. The molecule has 0 radical (unpaired) electrons. The van der Waals surface area contributed by atoms with Gasteiger partial charge in [0.25, 0.3) is 0 Å². The van der Waals surface area contributed by atoms with Crippen LogP contribution in [0.15, 0.2) is 24.3 Å². The van der Waals surface area contributed by atoms with Crippen LogP contribution in [0.3, 0.4) is 0 Å². The second kappa shape index (κ2) is 8.26. The Morgan fingerprint density at radius 1 is 1.26 bits per heavy atom. The van der Waals surface area contributed by atoms with Crippen molar-refractivity contribution in [2.75, 3.05) is 18.8 Å². The lowest BCUT2D eigenvalue weighted by atomic mass is 9.84. The first-order chi connectivity index (χ1) is 10.9. The summed E-state index contributed by atoms with van der Waals surface area (Å²) in [5.41, 5.74) is 0.647. The molecule has 4 N–H and O–H groups in total. The number of carbonyl (C=O) groups is 1. The highest BCUT2D eigenvalue weighted by Crippen LogP contribution is 2.31. The van der Waals surface area contributed by atoms with Gasteiger partial charge in [-0.3, -0.25) is 4.79 Å². The van der Waals surface area contributed by atoms with E-state index in [4.69, 9.17) is 0 Å². The van der Waals surface area contributed by atoms with Crippen molar-refractivity contribution < 1.29 is 20.1 Å². The minimum absolute atomic E-state index is 0.00579. The van der Waals surface area contributed by atoms with E-state index in [1.807, 2.05) is 12.1 Å². The lowest BCUT2D eigenvalue weighted by Crippen LogP contribution is -2.39. The number of hydrogen-bond acceptors (Lipinski definition) is 6. The largest absolute Gasteiger partial charge is 0.390 e. The third-order valence-corrected chi connectivity index (χ3v) is 5.15. The molecule has 23 heavy (non-hydrogen) atoms. The van der Waals surface area contributed by atoms with Crippen LogP contribution in [-0.4, -0.2) is 45.4 Å². The molecule has 0 saturated carbocycles. The molecule has 128 valence electrons. The van der Waals surface area contributed by atoms with Gasteiger partial charge < -0.3 is 20.6 Å². The smallest absolute Gasteiger partial charge is 0.185 e. The lowest BCUT2D eigenvalue weighted by molar-refractivity contribution is -0.109. The fraction of sp³-hybridized carbons (Fsp3) is 0.588. The molecule has 2 rings (SSSR count). The van der Waals surface area contributed by atoms with Crippen LogP contribution in [0.5, 0.6) is 0 Å². The van der Waals surface area contributed by atoms with E-state index in [0.29, 0.717) is 30.6 Å². The van der Waals surface area contributed by atoms with Crippen molar-refractivity contribution in [3.8, 4) is 0 Å². The third-order valence-electron chi connectivity index (χ3n) is 4.30. The van der Waals surface area contributed by atoms with E-state index in [9.17, 15) is 20.1 Å². The standard InChI is InChI=1S/C17H25NO4S/c1-12(19)23-11-6-15(20)16(21)13-2-4-14(5-3-13)17(22)7-9-18-10-8-17/h2-5,15-16,18,20-22H,6-11H2,1H3. The molecule has 1 aromatic rings. The van der Waals surface area contributed by atoms with E-state index in [2.05, 4.69) is 5.32 Å². The number of thioether (sulfide) groups is 1. The summed E-state index contributed by atoms with van der Waals surface area (Å²) < 4.78 is 0. The maximum atomic E-state index is 10.9. The van der Waals surface area contributed by atoms with Crippen LogP contribution in [0.2, 0.25) is 0 Å². The molecule has 5 nitrogen and oxygen atoms in total. The van der Waals surface area contributed by atoms with Gasteiger partial charge in [0.1, 0.15) is 6.10 Å². The van der Waals surface area contributed by atoms with Crippen molar-refractivity contribution in [3.63, 3.8) is 0 Å². The lowest BCUT2D eigenvalue weighted by Gasteiger charge is -2.33. The van der Waals surface area contributed by atoms with Crippen molar-refractivity contribution in [3.05, 3.63) is 35.4 Å². The fourth-order valence-electron chi connectivity index (χ4n) is 2.82. The van der Waals surface area contributed by atoms with Crippen LogP contribution in [0, 0.1) is 0 Å². The summed E-state index contributed by atoms with van der Waals surface area (Å²) in [5, 5.41) is 34.1. The summed E-state index contributed by atoms with van der Waals surface area (Å²) in [4.78, 5) is 10.9. The van der Waals surface area contributed by atoms with Crippen LogP contribution in [-0.2, 0) is 10.4 Å². The Hall–Kier alpha value is -0.920. The fourth-order valence-corrected chi connectivity index (χ4v) is 3.47. The van der Waals surface area contributed by atoms with E-state index in [1.165, 1.54) is 6.92 Å². The van der Waals surface area contributed by atoms with Gasteiger partial charge in [-0.25, -0.2) is 0 Å². The molecule has 6 heteroatoms. The quantitative estimate of drug-likeness (QED) is 0.625. The molecule has 0 amide bonds. The van der Waals surface area contributed by atoms with Gasteiger partial charge in [-0.15, -0.1) is 0 Å². The van der Waals surface area contributed by atoms with Crippen LogP contribution in [0.25, 0.3) is 0 Å². The Labute approximate surface area is 141 Å². The molecule has 1 saturated heterocycles. The number of benzene rings is 1. The van der Waals surface area contributed by atoms with E-state index in [0.717, 1.165) is 30.4 Å². The molecule has 1 aliphatic heterocycles. The molecule has 0 spiro atoms. The molecule has 1 aromatic carbocycles. The number of aliphatic hydroxyl groups excluding tert-OH is 2. The summed E-state index contributed by atoms with van der Waals surface area (Å²) in [5.74, 6) is 0.485. The van der Waals surface area contributed by atoms with Gasteiger partial charge >= 0.3 is 0 Å². The SMILES string of the molecule is CC(=O)SCCC(O)C(O)c1ccc(C2(O)CCNCC2)cc1. The Morgan fingerprint density at radius 3 is 2.43 bits per heavy atom. The molecular weight excluding hydrogens is 314 g/mol. The first-order valence-electron chi connectivity index (χ1n) is 7.95. The van der Waals surface area contributed by atoms with E-state index in [1.54, 1.807) is 12.1 Å². The topological polar surface area (TPSA) is 89.8 Å². The summed E-state index contributed by atoms with van der Waals surface area (Å²) in [6, 6.07) is 7.14. The van der Waals surface area contributed by atoms with Crippen molar-refractivity contribution in [2.45, 2.75) is 44.0 Å². The van der Waals surface area contributed by atoms with E-state index in [-0.39, 0.29) is 5.12 Å². The minimum Gasteiger partial charge on any atom is -0.390 e. The van der Waals surface area contributed by atoms with Crippen LogP contribution in [0.1, 0.15) is 43.4 Å². The number of rotatable bonds is 6. The molecule has 1 heterocycles. The third kappa shape index (κ3) is 5.02. The number of piperidine rings is 1. The number of nitrogens with one attached hydrogen (secondary N) is 1. The summed E-state index contributed by atoms with van der Waals surface area (Å²) in [7, 11) is 0.